The lowest BCUT2D eigenvalue weighted by atomic mass is 10.2. The first-order valence-corrected chi connectivity index (χ1v) is 6.16. The third kappa shape index (κ3) is 5.31. The van der Waals surface area contributed by atoms with Crippen molar-refractivity contribution in [2.45, 2.75) is 6.54 Å². The van der Waals surface area contributed by atoms with Gasteiger partial charge in [-0.25, -0.2) is 0 Å². The second-order valence-corrected chi connectivity index (χ2v) is 4.01. The molecule has 0 fully saturated rings. The van der Waals surface area contributed by atoms with E-state index < -0.39 is 0 Å². The Morgan fingerprint density at radius 3 is 2.89 bits per heavy atom. The van der Waals surface area contributed by atoms with Crippen molar-refractivity contribution in [1.29, 1.82) is 0 Å². The topological polar surface area (TPSA) is 58.7 Å². The third-order valence-corrected chi connectivity index (χ3v) is 2.61. The molecule has 3 N–H and O–H groups in total. The highest BCUT2D eigenvalue weighted by Crippen LogP contribution is 2.12. The molecule has 0 aliphatic heterocycles. The van der Waals surface area contributed by atoms with Crippen LogP contribution < -0.4 is 10.5 Å². The van der Waals surface area contributed by atoms with Gasteiger partial charge in [0.05, 0.1) is 6.61 Å². The normalized spacial score (nSPS) is 10.6. The quantitative estimate of drug-likeness (QED) is 0.642. The monoisotopic (exact) mass is 250 g/mol. The molecule has 0 amide bonds. The highest BCUT2D eigenvalue weighted by Gasteiger charge is 2.02. The van der Waals surface area contributed by atoms with Gasteiger partial charge >= 0.3 is 0 Å². The maximum absolute atomic E-state index is 8.92. The number of nitrogens with two attached hydrogens (primary N) is 1. The predicted octanol–water partition coefficient (Wildman–Crippen LogP) is 1.00. The summed E-state index contributed by atoms with van der Waals surface area (Å²) in [4.78, 5) is 2.08. The highest BCUT2D eigenvalue weighted by atomic mass is 16.5. The number of aliphatic hydroxyl groups excluding tert-OH is 1. The van der Waals surface area contributed by atoms with Crippen LogP contribution in [0.2, 0.25) is 0 Å². The zero-order valence-electron chi connectivity index (χ0n) is 10.7. The van der Waals surface area contributed by atoms with Gasteiger partial charge in [-0.2, -0.15) is 0 Å². The van der Waals surface area contributed by atoms with Crippen LogP contribution in [-0.4, -0.2) is 42.9 Å². The molecule has 0 saturated carbocycles. The van der Waals surface area contributed by atoms with Crippen LogP contribution in [0, 0.1) is 0 Å². The van der Waals surface area contributed by atoms with Gasteiger partial charge in [-0.05, 0) is 17.7 Å². The summed E-state index contributed by atoms with van der Waals surface area (Å²) < 4.78 is 5.66. The Kier molecular flexibility index (Phi) is 7.10. The zero-order valence-corrected chi connectivity index (χ0v) is 10.7. The van der Waals surface area contributed by atoms with Crippen LogP contribution in [0.1, 0.15) is 5.56 Å². The SMILES string of the molecule is C=CCN(CCO)CCOc1cccc(CN)c1. The molecule has 0 aliphatic carbocycles. The first-order chi connectivity index (χ1) is 8.80. The molecule has 4 nitrogen and oxygen atoms in total. The van der Waals surface area contributed by atoms with E-state index in [9.17, 15) is 0 Å². The molecule has 0 spiro atoms. The zero-order chi connectivity index (χ0) is 13.2. The molecule has 100 valence electrons. The van der Waals surface area contributed by atoms with Crippen LogP contribution in [-0.2, 0) is 6.54 Å². The van der Waals surface area contributed by atoms with Crippen molar-refractivity contribution in [3.05, 3.63) is 42.5 Å². The molecular weight excluding hydrogens is 228 g/mol. The molecule has 1 rings (SSSR count). The summed E-state index contributed by atoms with van der Waals surface area (Å²) in [6.45, 7) is 7.10. The van der Waals surface area contributed by atoms with E-state index >= 15 is 0 Å². The van der Waals surface area contributed by atoms with Gasteiger partial charge in [-0.15, -0.1) is 6.58 Å². The van der Waals surface area contributed by atoms with E-state index in [1.165, 1.54) is 0 Å². The summed E-state index contributed by atoms with van der Waals surface area (Å²) in [5, 5.41) is 8.92. The largest absolute Gasteiger partial charge is 0.492 e. The maximum atomic E-state index is 8.92. The molecule has 0 aliphatic rings. The molecule has 4 heteroatoms. The van der Waals surface area contributed by atoms with Crippen LogP contribution in [0.25, 0.3) is 0 Å². The molecular formula is C14H22N2O2. The van der Waals surface area contributed by atoms with Crippen LogP contribution in [0.5, 0.6) is 5.75 Å². The predicted molar refractivity (Wildman–Crippen MR) is 73.6 cm³/mol. The maximum Gasteiger partial charge on any atom is 0.119 e. The molecule has 18 heavy (non-hydrogen) atoms. The van der Waals surface area contributed by atoms with Crippen molar-refractivity contribution in [3.63, 3.8) is 0 Å². The molecule has 0 saturated heterocycles. The van der Waals surface area contributed by atoms with Crippen LogP contribution in [0.4, 0.5) is 0 Å². The van der Waals surface area contributed by atoms with E-state index in [1.54, 1.807) is 0 Å². The molecule has 0 radical (unpaired) electrons. The Bertz CT molecular complexity index is 355. The van der Waals surface area contributed by atoms with E-state index in [4.69, 9.17) is 15.6 Å². The minimum atomic E-state index is 0.149. The summed E-state index contributed by atoms with van der Waals surface area (Å²) >= 11 is 0. The molecule has 0 bridgehead atoms. The fraction of sp³-hybridized carbons (Fsp3) is 0.429. The Labute approximate surface area is 109 Å². The highest BCUT2D eigenvalue weighted by molar-refractivity contribution is 5.28. The first kappa shape index (κ1) is 14.7. The summed E-state index contributed by atoms with van der Waals surface area (Å²) in [6.07, 6.45) is 1.82. The number of hydrogen-bond donors (Lipinski definition) is 2. The molecule has 0 aromatic heterocycles. The Morgan fingerprint density at radius 1 is 1.39 bits per heavy atom. The number of aliphatic hydroxyl groups is 1. The average Bonchev–Trinajstić information content (AvgIpc) is 2.39. The minimum absolute atomic E-state index is 0.149. The van der Waals surface area contributed by atoms with E-state index in [0.717, 1.165) is 24.4 Å². The van der Waals surface area contributed by atoms with Crippen molar-refractivity contribution in [2.24, 2.45) is 5.73 Å². The van der Waals surface area contributed by atoms with Gasteiger partial charge in [0.2, 0.25) is 0 Å². The minimum Gasteiger partial charge on any atom is -0.492 e. The van der Waals surface area contributed by atoms with Crippen LogP contribution in [0.15, 0.2) is 36.9 Å². The molecule has 1 aromatic rings. The Balaban J connectivity index is 2.36. The lowest BCUT2D eigenvalue weighted by molar-refractivity contribution is 0.180. The van der Waals surface area contributed by atoms with Gasteiger partial charge < -0.3 is 15.6 Å². The average molecular weight is 250 g/mol. The van der Waals surface area contributed by atoms with Gasteiger partial charge in [0, 0.05) is 26.2 Å². The molecule has 0 heterocycles. The number of benzene rings is 1. The van der Waals surface area contributed by atoms with Gasteiger partial charge in [-0.1, -0.05) is 18.2 Å². The second-order valence-electron chi connectivity index (χ2n) is 4.01. The van der Waals surface area contributed by atoms with Crippen molar-refractivity contribution in [1.82, 2.24) is 4.90 Å². The number of rotatable bonds is 9. The van der Waals surface area contributed by atoms with Crippen LogP contribution in [0.3, 0.4) is 0 Å². The van der Waals surface area contributed by atoms with Crippen molar-refractivity contribution >= 4 is 0 Å². The number of nitrogens with zero attached hydrogens (tertiary/aromatic N) is 1. The number of ether oxygens (including phenoxy) is 1. The van der Waals surface area contributed by atoms with Crippen molar-refractivity contribution in [3.8, 4) is 5.75 Å². The third-order valence-electron chi connectivity index (χ3n) is 2.61. The van der Waals surface area contributed by atoms with Gasteiger partial charge in [0.1, 0.15) is 12.4 Å². The first-order valence-electron chi connectivity index (χ1n) is 6.16. The fourth-order valence-electron chi connectivity index (χ4n) is 1.67. The Morgan fingerprint density at radius 2 is 2.22 bits per heavy atom. The summed E-state index contributed by atoms with van der Waals surface area (Å²) in [7, 11) is 0. The molecule has 0 unspecified atom stereocenters. The fourth-order valence-corrected chi connectivity index (χ4v) is 1.67. The van der Waals surface area contributed by atoms with E-state index in [0.29, 0.717) is 19.7 Å². The summed E-state index contributed by atoms with van der Waals surface area (Å²) in [5.74, 6) is 0.834. The van der Waals surface area contributed by atoms with E-state index in [1.807, 2.05) is 30.3 Å². The summed E-state index contributed by atoms with van der Waals surface area (Å²) in [6, 6.07) is 7.78. The van der Waals surface area contributed by atoms with E-state index in [2.05, 4.69) is 11.5 Å². The number of hydrogen-bond acceptors (Lipinski definition) is 4. The van der Waals surface area contributed by atoms with Crippen molar-refractivity contribution in [2.75, 3.05) is 32.8 Å². The standard InChI is InChI=1S/C14H22N2O2/c1-2-6-16(7-9-17)8-10-18-14-5-3-4-13(11-14)12-15/h2-5,11,17H,1,6-10,12,15H2. The van der Waals surface area contributed by atoms with Gasteiger partial charge in [0.15, 0.2) is 0 Å². The molecule has 1 aromatic carbocycles. The van der Waals surface area contributed by atoms with Crippen LogP contribution >= 0.6 is 0 Å². The smallest absolute Gasteiger partial charge is 0.119 e. The lowest BCUT2D eigenvalue weighted by Gasteiger charge is -2.19. The summed E-state index contributed by atoms with van der Waals surface area (Å²) in [5.41, 5.74) is 6.63. The Hall–Kier alpha value is -1.36. The van der Waals surface area contributed by atoms with Crippen molar-refractivity contribution < 1.29 is 9.84 Å². The lowest BCUT2D eigenvalue weighted by Crippen LogP contribution is -2.31. The van der Waals surface area contributed by atoms with Gasteiger partial charge in [0.25, 0.3) is 0 Å². The van der Waals surface area contributed by atoms with Gasteiger partial charge in [-0.3, -0.25) is 4.90 Å². The molecule has 0 atom stereocenters. The van der Waals surface area contributed by atoms with E-state index in [-0.39, 0.29) is 6.61 Å². The second kappa shape index (κ2) is 8.69.